The maximum absolute atomic E-state index is 3.72. The number of hydrogen-bond acceptors (Lipinski definition) is 0. The Morgan fingerprint density at radius 2 is 1.40 bits per heavy atom. The van der Waals surface area contributed by atoms with Crippen molar-refractivity contribution in [3.8, 4) is 0 Å². The van der Waals surface area contributed by atoms with E-state index in [4.69, 9.17) is 0 Å². The predicted octanol–water partition coefficient (Wildman–Crippen LogP) is 4.53. The van der Waals surface area contributed by atoms with Crippen molar-refractivity contribution in [2.45, 2.75) is 27.7 Å². The summed E-state index contributed by atoms with van der Waals surface area (Å²) in [5, 5.41) is 1.17. The lowest BCUT2D eigenvalue weighted by molar-refractivity contribution is 1.50. The first-order valence-electron chi connectivity index (χ1n) is 5.42. The molecule has 1 aromatic carbocycles. The summed E-state index contributed by atoms with van der Waals surface area (Å²) in [6.07, 6.45) is 3.67. The monoisotopic (exact) mass is 222 g/mol. The van der Waals surface area contributed by atoms with E-state index >= 15 is 0 Å². The Morgan fingerprint density at radius 3 is 1.80 bits per heavy atom. The van der Waals surface area contributed by atoms with Gasteiger partial charge in [-0.15, -0.1) is 9.24 Å². The SMILES string of the molecule is C=Cc1ccc(P)cc1C=C.CC.CC. The average molecular weight is 222 g/mol. The standard InChI is InChI=1S/C10H11P.2C2H6/c1-3-8-5-6-10(11)7-9(8)4-2;2*1-2/h3-7H,1-2,11H2;2*1-2H3. The molecule has 84 valence electrons. The van der Waals surface area contributed by atoms with Crippen LogP contribution >= 0.6 is 9.24 Å². The highest BCUT2D eigenvalue weighted by Gasteiger charge is 1.93. The first-order valence-corrected chi connectivity index (χ1v) is 6.00. The van der Waals surface area contributed by atoms with Crippen LogP contribution in [0.5, 0.6) is 0 Å². The van der Waals surface area contributed by atoms with Crippen LogP contribution in [0.4, 0.5) is 0 Å². The van der Waals surface area contributed by atoms with Crippen molar-refractivity contribution < 1.29 is 0 Å². The van der Waals surface area contributed by atoms with Gasteiger partial charge in [-0.3, -0.25) is 0 Å². The lowest BCUT2D eigenvalue weighted by Gasteiger charge is -2.00. The Morgan fingerprint density at radius 1 is 0.933 bits per heavy atom. The molecule has 0 aliphatic rings. The van der Waals surface area contributed by atoms with Crippen LogP contribution in [-0.2, 0) is 0 Å². The summed E-state index contributed by atoms with van der Waals surface area (Å²) in [6, 6.07) is 6.13. The molecule has 0 aliphatic carbocycles. The van der Waals surface area contributed by atoms with Crippen LogP contribution in [0, 0.1) is 0 Å². The second-order valence-corrected chi connectivity index (χ2v) is 2.96. The van der Waals surface area contributed by atoms with Gasteiger partial charge < -0.3 is 0 Å². The second kappa shape index (κ2) is 11.2. The number of hydrogen-bond donors (Lipinski definition) is 0. The zero-order valence-corrected chi connectivity index (χ0v) is 11.5. The minimum absolute atomic E-state index is 1.13. The van der Waals surface area contributed by atoms with E-state index in [2.05, 4.69) is 28.5 Å². The Balaban J connectivity index is 0. The van der Waals surface area contributed by atoms with Crippen molar-refractivity contribution in [1.82, 2.24) is 0 Å². The first kappa shape index (κ1) is 16.6. The molecule has 0 amide bonds. The molecule has 1 aromatic rings. The molecule has 1 heteroatoms. The molecule has 1 unspecified atom stereocenters. The van der Waals surface area contributed by atoms with Gasteiger partial charge in [0.1, 0.15) is 0 Å². The van der Waals surface area contributed by atoms with Crippen molar-refractivity contribution in [3.63, 3.8) is 0 Å². The highest BCUT2D eigenvalue weighted by Crippen LogP contribution is 2.10. The zero-order valence-electron chi connectivity index (χ0n) is 10.4. The van der Waals surface area contributed by atoms with E-state index < -0.39 is 0 Å². The quantitative estimate of drug-likeness (QED) is 0.645. The molecule has 0 saturated heterocycles. The van der Waals surface area contributed by atoms with Gasteiger partial charge in [-0.25, -0.2) is 0 Å². The van der Waals surface area contributed by atoms with E-state index in [9.17, 15) is 0 Å². The van der Waals surface area contributed by atoms with Crippen LogP contribution in [-0.4, -0.2) is 0 Å². The van der Waals surface area contributed by atoms with Gasteiger partial charge in [0.25, 0.3) is 0 Å². The summed E-state index contributed by atoms with van der Waals surface area (Å²) in [4.78, 5) is 0. The van der Waals surface area contributed by atoms with Crippen LogP contribution in [0.3, 0.4) is 0 Å². The van der Waals surface area contributed by atoms with Crippen LogP contribution in [0.15, 0.2) is 31.4 Å². The average Bonchev–Trinajstić information content (AvgIpc) is 2.34. The van der Waals surface area contributed by atoms with Gasteiger partial charge in [-0.05, 0) is 22.5 Å². The first-order chi connectivity index (χ1) is 7.27. The maximum atomic E-state index is 3.72. The van der Waals surface area contributed by atoms with E-state index in [-0.39, 0.29) is 0 Å². The Labute approximate surface area is 97.3 Å². The lowest BCUT2D eigenvalue weighted by atomic mass is 10.1. The fraction of sp³-hybridized carbons (Fsp3) is 0.286. The molecule has 0 aromatic heterocycles. The molecule has 0 bridgehead atoms. The van der Waals surface area contributed by atoms with Crippen molar-refractivity contribution >= 4 is 26.7 Å². The van der Waals surface area contributed by atoms with E-state index in [0.717, 1.165) is 11.1 Å². The largest absolute Gasteiger partial charge is 0.106 e. The van der Waals surface area contributed by atoms with Gasteiger partial charge in [-0.2, -0.15) is 0 Å². The second-order valence-electron chi connectivity index (χ2n) is 2.30. The molecule has 0 N–H and O–H groups in total. The van der Waals surface area contributed by atoms with Gasteiger partial charge >= 0.3 is 0 Å². The normalized spacial score (nSPS) is 7.53. The van der Waals surface area contributed by atoms with Gasteiger partial charge in [0.05, 0.1) is 0 Å². The van der Waals surface area contributed by atoms with Crippen molar-refractivity contribution in [2.75, 3.05) is 0 Å². The van der Waals surface area contributed by atoms with Gasteiger partial charge in [0, 0.05) is 0 Å². The Kier molecular flexibility index (Phi) is 12.4. The lowest BCUT2D eigenvalue weighted by Crippen LogP contribution is -1.91. The highest BCUT2D eigenvalue weighted by atomic mass is 31.0. The van der Waals surface area contributed by atoms with Gasteiger partial charge in [0.15, 0.2) is 0 Å². The fourth-order valence-electron chi connectivity index (χ4n) is 0.956. The summed E-state index contributed by atoms with van der Waals surface area (Å²) in [7, 11) is 2.65. The summed E-state index contributed by atoms with van der Waals surface area (Å²) < 4.78 is 0. The molecule has 0 radical (unpaired) electrons. The molecule has 0 heterocycles. The van der Waals surface area contributed by atoms with Crippen LogP contribution in [0.1, 0.15) is 38.8 Å². The van der Waals surface area contributed by atoms with Crippen molar-refractivity contribution in [3.05, 3.63) is 42.5 Å². The van der Waals surface area contributed by atoms with Crippen LogP contribution in [0.25, 0.3) is 12.2 Å². The molecular weight excluding hydrogens is 199 g/mol. The van der Waals surface area contributed by atoms with E-state index in [1.54, 1.807) is 0 Å². The van der Waals surface area contributed by atoms with Gasteiger partial charge in [-0.1, -0.05) is 65.1 Å². The maximum Gasteiger partial charge on any atom is -0.0184 e. The molecule has 0 nitrogen and oxygen atoms in total. The molecule has 1 rings (SSSR count). The molecule has 0 saturated carbocycles. The summed E-state index contributed by atoms with van der Waals surface area (Å²) in [5.74, 6) is 0. The van der Waals surface area contributed by atoms with Crippen LogP contribution < -0.4 is 5.30 Å². The number of rotatable bonds is 2. The third-order valence-corrected chi connectivity index (χ3v) is 1.91. The van der Waals surface area contributed by atoms with Crippen LogP contribution in [0.2, 0.25) is 0 Å². The minimum Gasteiger partial charge on any atom is -0.106 e. The number of benzene rings is 1. The summed E-state index contributed by atoms with van der Waals surface area (Å²) in [6.45, 7) is 15.4. The summed E-state index contributed by atoms with van der Waals surface area (Å²) in [5.41, 5.74) is 2.26. The van der Waals surface area contributed by atoms with E-state index in [1.165, 1.54) is 5.30 Å². The minimum atomic E-state index is 1.13. The van der Waals surface area contributed by atoms with Gasteiger partial charge in [0.2, 0.25) is 0 Å². The predicted molar refractivity (Wildman–Crippen MR) is 78.7 cm³/mol. The summed E-state index contributed by atoms with van der Waals surface area (Å²) >= 11 is 0. The van der Waals surface area contributed by atoms with Crippen molar-refractivity contribution in [2.24, 2.45) is 0 Å². The zero-order chi connectivity index (χ0) is 12.3. The smallest absolute Gasteiger partial charge is 0.0184 e. The molecule has 0 fully saturated rings. The third-order valence-electron chi connectivity index (χ3n) is 1.55. The molecule has 1 atom stereocenters. The molecular formula is C14H23P. The Hall–Kier alpha value is -0.870. The Bertz CT molecular complexity index is 287. The molecule has 0 aliphatic heterocycles. The topological polar surface area (TPSA) is 0 Å². The molecule has 0 spiro atoms. The van der Waals surface area contributed by atoms with E-state index in [1.807, 2.05) is 52.0 Å². The molecule has 15 heavy (non-hydrogen) atoms. The third kappa shape index (κ3) is 6.25. The highest BCUT2D eigenvalue weighted by molar-refractivity contribution is 7.27. The van der Waals surface area contributed by atoms with Crippen molar-refractivity contribution in [1.29, 1.82) is 0 Å². The van der Waals surface area contributed by atoms with E-state index in [0.29, 0.717) is 0 Å². The fourth-order valence-corrected chi connectivity index (χ4v) is 1.23.